The maximum atomic E-state index is 14.9. The second-order valence-corrected chi connectivity index (χ2v) is 9.38. The van der Waals surface area contributed by atoms with E-state index in [-0.39, 0.29) is 45.6 Å². The van der Waals surface area contributed by atoms with Crippen LogP contribution in [-0.4, -0.2) is 31.4 Å². The Kier molecular flexibility index (Phi) is 8.39. The van der Waals surface area contributed by atoms with Crippen molar-refractivity contribution in [3.63, 3.8) is 0 Å². The number of para-hydroxylation sites is 1. The third-order valence-corrected chi connectivity index (χ3v) is 6.74. The summed E-state index contributed by atoms with van der Waals surface area (Å²) >= 11 is 0.668. The molecule has 0 radical (unpaired) electrons. The van der Waals surface area contributed by atoms with Gasteiger partial charge in [-0.3, -0.25) is 29.7 Å². The van der Waals surface area contributed by atoms with Crippen molar-refractivity contribution in [2.45, 2.75) is 27.3 Å². The Morgan fingerprint density at radius 3 is 2.60 bits per heavy atom. The minimum atomic E-state index is -0.616. The summed E-state index contributed by atoms with van der Waals surface area (Å²) in [7, 11) is 0. The molecule has 3 heterocycles. The molecule has 2 aromatic heterocycles. The van der Waals surface area contributed by atoms with Crippen molar-refractivity contribution >= 4 is 51.0 Å². The number of nitrogen functional groups attached to an aromatic ring is 1. The number of halogens is 1. The molecule has 40 heavy (non-hydrogen) atoms. The van der Waals surface area contributed by atoms with Crippen LogP contribution < -0.4 is 21.9 Å². The third kappa shape index (κ3) is 5.47. The second kappa shape index (κ2) is 11.9. The van der Waals surface area contributed by atoms with Crippen molar-refractivity contribution in [1.29, 1.82) is 5.41 Å². The molecule has 0 saturated carbocycles. The minimum Gasteiger partial charge on any atom is -0.383 e. The fourth-order valence-corrected chi connectivity index (χ4v) is 4.88. The summed E-state index contributed by atoms with van der Waals surface area (Å²) in [5.74, 6) is -1.05. The van der Waals surface area contributed by atoms with Gasteiger partial charge in [0.2, 0.25) is 0 Å². The first kappa shape index (κ1) is 28.2. The van der Waals surface area contributed by atoms with Crippen LogP contribution in [0.2, 0.25) is 0 Å². The van der Waals surface area contributed by atoms with Crippen LogP contribution in [0.1, 0.15) is 30.7 Å². The number of anilines is 2. The van der Waals surface area contributed by atoms with E-state index in [0.29, 0.717) is 28.2 Å². The summed E-state index contributed by atoms with van der Waals surface area (Å²) in [5.41, 5.74) is 6.85. The van der Waals surface area contributed by atoms with Crippen LogP contribution in [0.25, 0.3) is 16.5 Å². The van der Waals surface area contributed by atoms with E-state index in [0.717, 1.165) is 5.56 Å². The molecule has 1 saturated heterocycles. The molecule has 5 N–H and O–H groups in total. The molecule has 0 unspecified atom stereocenters. The van der Waals surface area contributed by atoms with Crippen LogP contribution in [0.5, 0.6) is 0 Å². The average Bonchev–Trinajstić information content (AvgIpc) is 3.25. The van der Waals surface area contributed by atoms with Crippen molar-refractivity contribution in [1.82, 2.24) is 19.9 Å². The van der Waals surface area contributed by atoms with Gasteiger partial charge < -0.3 is 11.1 Å². The van der Waals surface area contributed by atoms with Gasteiger partial charge in [-0.15, -0.1) is 0 Å². The molecule has 1 aliphatic heterocycles. The molecule has 1 fully saturated rings. The highest BCUT2D eigenvalue weighted by atomic mass is 32.2. The van der Waals surface area contributed by atoms with Crippen LogP contribution in [0.3, 0.4) is 0 Å². The van der Waals surface area contributed by atoms with E-state index >= 15 is 0 Å². The molecule has 0 spiro atoms. The van der Waals surface area contributed by atoms with Gasteiger partial charge in [-0.25, -0.2) is 14.4 Å². The molecule has 0 atom stereocenters. The number of fused-ring (bicyclic) bond motifs is 1. The summed E-state index contributed by atoms with van der Waals surface area (Å²) in [5, 5.41) is 14.3. The van der Waals surface area contributed by atoms with Gasteiger partial charge in [0.05, 0.1) is 33.8 Å². The van der Waals surface area contributed by atoms with E-state index < -0.39 is 17.0 Å². The Bertz CT molecular complexity index is 1750. The molecule has 0 bridgehead atoms. The van der Waals surface area contributed by atoms with Gasteiger partial charge in [0.25, 0.3) is 16.7 Å². The predicted octanol–water partition coefficient (Wildman–Crippen LogP) is 4.68. The molecule has 1 aliphatic rings. The summed E-state index contributed by atoms with van der Waals surface area (Å²) in [6.45, 7) is 5.83. The van der Waals surface area contributed by atoms with E-state index in [1.165, 1.54) is 29.1 Å². The Morgan fingerprint density at radius 2 is 1.90 bits per heavy atom. The maximum Gasteiger partial charge on any atom is 0.290 e. The monoisotopic (exact) mass is 559 g/mol. The van der Waals surface area contributed by atoms with Crippen LogP contribution in [-0.2, 0) is 11.3 Å². The Labute approximate surface area is 233 Å². The molecule has 4 aromatic rings. The molecule has 0 aliphatic carbocycles. The minimum absolute atomic E-state index is 0.00842. The lowest BCUT2D eigenvalue weighted by Gasteiger charge is -2.18. The standard InChI is InChI=1S/C26H20FN7O3S.C2H6/c1-13-5-4-6-14-9-15(34(25(36)20(13)14)18-8-3-2-7-16(18)27)11-30-23-21(22(29)31-12-32-23)17(28)10-19-24(35)33-26(37)38-19;1-2/h2-10,12,28H,11H2,1H3,(H,33,35,37)(H3,29,30,31,32);1-2H3/b19-10+,28-17?;. The highest BCUT2D eigenvalue weighted by Gasteiger charge is 2.26. The molecule has 5 rings (SSSR count). The second-order valence-electron chi connectivity index (χ2n) is 8.37. The zero-order valence-corrected chi connectivity index (χ0v) is 22.7. The number of aryl methyl sites for hydroxylation is 1. The van der Waals surface area contributed by atoms with Crippen molar-refractivity contribution in [2.24, 2.45) is 0 Å². The number of aromatic nitrogens is 3. The normalized spacial score (nSPS) is 13.7. The summed E-state index contributed by atoms with van der Waals surface area (Å²) in [4.78, 5) is 45.2. The van der Waals surface area contributed by atoms with Crippen LogP contribution in [0.4, 0.5) is 20.8 Å². The number of hydrogen-bond acceptors (Lipinski definition) is 9. The lowest BCUT2D eigenvalue weighted by atomic mass is 10.1. The van der Waals surface area contributed by atoms with Gasteiger partial charge in [-0.05, 0) is 53.9 Å². The molecule has 204 valence electrons. The van der Waals surface area contributed by atoms with Gasteiger partial charge in [-0.1, -0.05) is 44.2 Å². The molecule has 10 nitrogen and oxygen atoms in total. The number of nitrogens with zero attached hydrogens (tertiary/aromatic N) is 3. The fraction of sp³-hybridized carbons (Fsp3) is 0.143. The number of hydrogen-bond donors (Lipinski definition) is 4. The SMILES string of the molecule is CC.Cc1cccc2cc(CNc3ncnc(N)c3C(=N)/C=C3/SC(=O)NC3=O)n(-c3ccccc3F)c(=O)c12. The first-order valence-electron chi connectivity index (χ1n) is 12.3. The number of carbonyl (C=O) groups is 2. The number of pyridine rings is 1. The number of amides is 2. The first-order chi connectivity index (χ1) is 19.2. The summed E-state index contributed by atoms with van der Waals surface area (Å²) in [6.07, 6.45) is 2.41. The molecule has 12 heteroatoms. The maximum absolute atomic E-state index is 14.9. The molecule has 2 amide bonds. The van der Waals surface area contributed by atoms with Gasteiger partial charge in [-0.2, -0.15) is 0 Å². The van der Waals surface area contributed by atoms with E-state index in [4.69, 9.17) is 11.1 Å². The average molecular weight is 560 g/mol. The zero-order valence-electron chi connectivity index (χ0n) is 21.9. The van der Waals surface area contributed by atoms with E-state index in [1.54, 1.807) is 24.3 Å². The van der Waals surface area contributed by atoms with Gasteiger partial charge >= 0.3 is 0 Å². The van der Waals surface area contributed by atoms with E-state index in [2.05, 4.69) is 20.6 Å². The van der Waals surface area contributed by atoms with Crippen molar-refractivity contribution in [3.05, 3.63) is 98.8 Å². The van der Waals surface area contributed by atoms with Crippen molar-refractivity contribution < 1.29 is 14.0 Å². The van der Waals surface area contributed by atoms with E-state index in [9.17, 15) is 18.8 Å². The number of carbonyl (C=O) groups excluding carboxylic acids is 2. The number of thioether (sulfide) groups is 1. The lowest BCUT2D eigenvalue weighted by Crippen LogP contribution is -2.25. The number of allylic oxidation sites excluding steroid dienone is 1. The Balaban J connectivity index is 0.00000181. The number of nitrogens with two attached hydrogens (primary N) is 1. The fourth-order valence-electron chi connectivity index (χ4n) is 4.21. The number of nitrogens with one attached hydrogen (secondary N) is 3. The van der Waals surface area contributed by atoms with Gasteiger partial charge in [0, 0.05) is 5.69 Å². The Hall–Kier alpha value is -4.84. The van der Waals surface area contributed by atoms with Crippen molar-refractivity contribution in [2.75, 3.05) is 11.1 Å². The first-order valence-corrected chi connectivity index (χ1v) is 13.1. The zero-order chi connectivity index (χ0) is 29.0. The topological polar surface area (TPSA) is 156 Å². The van der Waals surface area contributed by atoms with Gasteiger partial charge in [0.15, 0.2) is 0 Å². The quantitative estimate of drug-likeness (QED) is 0.196. The highest BCUT2D eigenvalue weighted by Crippen LogP contribution is 2.27. The summed E-state index contributed by atoms with van der Waals surface area (Å²) < 4.78 is 16.2. The molecular weight excluding hydrogens is 533 g/mol. The van der Waals surface area contributed by atoms with Crippen LogP contribution in [0, 0.1) is 18.2 Å². The van der Waals surface area contributed by atoms with Crippen LogP contribution >= 0.6 is 11.8 Å². The van der Waals surface area contributed by atoms with Crippen molar-refractivity contribution in [3.8, 4) is 5.69 Å². The molecule has 2 aromatic carbocycles. The number of imide groups is 1. The van der Waals surface area contributed by atoms with Gasteiger partial charge in [0.1, 0.15) is 23.8 Å². The lowest BCUT2D eigenvalue weighted by molar-refractivity contribution is -0.115. The predicted molar refractivity (Wildman–Crippen MR) is 155 cm³/mol. The largest absolute Gasteiger partial charge is 0.383 e. The smallest absolute Gasteiger partial charge is 0.290 e. The van der Waals surface area contributed by atoms with E-state index in [1.807, 2.05) is 32.9 Å². The number of benzene rings is 2. The summed E-state index contributed by atoms with van der Waals surface area (Å²) in [6, 6.07) is 13.2. The highest BCUT2D eigenvalue weighted by molar-refractivity contribution is 8.18. The Morgan fingerprint density at radius 1 is 1.15 bits per heavy atom. The molecular formula is C28H26FN7O3S. The third-order valence-electron chi connectivity index (χ3n) is 5.93. The number of rotatable bonds is 6. The van der Waals surface area contributed by atoms with Crippen LogP contribution in [0.15, 0.2) is 70.6 Å².